The second-order valence-corrected chi connectivity index (χ2v) is 16.8. The van der Waals surface area contributed by atoms with Crippen LogP contribution in [0.25, 0.3) is 0 Å². The van der Waals surface area contributed by atoms with Gasteiger partial charge >= 0.3 is 13.8 Å². The molecule has 9 heteroatoms. The van der Waals surface area contributed by atoms with Gasteiger partial charge in [-0.05, 0) is 51.0 Å². The van der Waals surface area contributed by atoms with E-state index in [4.69, 9.17) is 24.3 Å². The van der Waals surface area contributed by atoms with Crippen LogP contribution in [0.4, 0.5) is 0 Å². The second-order valence-electron chi connectivity index (χ2n) is 15.3. The molecule has 0 aromatic heterocycles. The summed E-state index contributed by atoms with van der Waals surface area (Å²) in [4.78, 5) is 22.5. The predicted molar refractivity (Wildman–Crippen MR) is 229 cm³/mol. The fourth-order valence-corrected chi connectivity index (χ4v) is 7.31. The number of rotatable bonds is 44. The minimum atomic E-state index is -4.29. The highest BCUT2D eigenvalue weighted by Crippen LogP contribution is 2.43. The van der Waals surface area contributed by atoms with Crippen molar-refractivity contribution in [3.63, 3.8) is 0 Å². The van der Waals surface area contributed by atoms with Crippen LogP contribution in [-0.4, -0.2) is 43.3 Å². The van der Waals surface area contributed by atoms with Crippen molar-refractivity contribution in [3.05, 3.63) is 24.5 Å². The number of esters is 1. The first-order valence-electron chi connectivity index (χ1n) is 22.9. The Labute approximate surface area is 334 Å². The van der Waals surface area contributed by atoms with Gasteiger partial charge in [-0.3, -0.25) is 13.8 Å². The van der Waals surface area contributed by atoms with Gasteiger partial charge in [-0.25, -0.2) is 4.57 Å². The van der Waals surface area contributed by atoms with Crippen molar-refractivity contribution in [2.45, 2.75) is 232 Å². The maximum atomic E-state index is 12.6. The molecule has 0 rings (SSSR count). The number of carbonyl (C=O) groups excluding carboxylic acids is 1. The normalized spacial score (nSPS) is 13.6. The fraction of sp³-hybridized carbons (Fsp3) is 0.889. The van der Waals surface area contributed by atoms with E-state index >= 15 is 0 Å². The molecule has 2 atom stereocenters. The topological polar surface area (TPSA) is 117 Å². The molecule has 0 saturated carbocycles. The van der Waals surface area contributed by atoms with Crippen LogP contribution in [0.15, 0.2) is 24.5 Å². The summed E-state index contributed by atoms with van der Waals surface area (Å²) >= 11 is 0. The van der Waals surface area contributed by atoms with Crippen molar-refractivity contribution in [3.8, 4) is 0 Å². The summed E-state index contributed by atoms with van der Waals surface area (Å²) in [6.07, 6.45) is 48.6. The Balaban J connectivity index is 4.02. The highest BCUT2D eigenvalue weighted by molar-refractivity contribution is 7.47. The third-order valence-corrected chi connectivity index (χ3v) is 10.9. The van der Waals surface area contributed by atoms with Crippen molar-refractivity contribution >= 4 is 13.8 Å². The molecule has 0 heterocycles. The lowest BCUT2D eigenvalue weighted by atomic mass is 10.0. The average Bonchev–Trinajstić information content (AvgIpc) is 3.16. The van der Waals surface area contributed by atoms with Crippen molar-refractivity contribution in [2.75, 3.05) is 26.4 Å². The number of phosphoric acid groups is 1. The van der Waals surface area contributed by atoms with Crippen LogP contribution in [0.3, 0.4) is 0 Å². The quantitative estimate of drug-likeness (QED) is 0.0206. The van der Waals surface area contributed by atoms with E-state index in [1.54, 1.807) is 6.26 Å². The molecule has 0 aromatic rings. The van der Waals surface area contributed by atoms with Gasteiger partial charge in [0.15, 0.2) is 6.10 Å². The lowest BCUT2D eigenvalue weighted by Gasteiger charge is -2.19. The largest absolute Gasteiger partial charge is 0.498 e. The van der Waals surface area contributed by atoms with E-state index in [0.29, 0.717) is 6.42 Å². The minimum Gasteiger partial charge on any atom is -0.498 e. The molecule has 1 unspecified atom stereocenters. The van der Waals surface area contributed by atoms with Crippen molar-refractivity contribution in [1.82, 2.24) is 0 Å². The van der Waals surface area contributed by atoms with E-state index < -0.39 is 13.9 Å². The summed E-state index contributed by atoms with van der Waals surface area (Å²) in [7, 11) is -4.29. The van der Waals surface area contributed by atoms with Gasteiger partial charge in [0.2, 0.25) is 0 Å². The Morgan fingerprint density at radius 1 is 0.556 bits per heavy atom. The summed E-state index contributed by atoms with van der Waals surface area (Å²) < 4.78 is 33.2. The predicted octanol–water partition coefficient (Wildman–Crippen LogP) is 14.0. The van der Waals surface area contributed by atoms with Gasteiger partial charge in [0.05, 0.1) is 19.5 Å². The van der Waals surface area contributed by atoms with Gasteiger partial charge in [0.25, 0.3) is 0 Å². The zero-order chi connectivity index (χ0) is 39.5. The van der Waals surface area contributed by atoms with E-state index in [-0.39, 0.29) is 32.3 Å². The summed E-state index contributed by atoms with van der Waals surface area (Å²) in [5, 5.41) is 0. The van der Waals surface area contributed by atoms with Crippen molar-refractivity contribution < 1.29 is 32.8 Å². The van der Waals surface area contributed by atoms with E-state index in [1.165, 1.54) is 173 Å². The molecule has 3 N–H and O–H groups in total. The molecule has 54 heavy (non-hydrogen) atoms. The van der Waals surface area contributed by atoms with Crippen molar-refractivity contribution in [1.29, 1.82) is 0 Å². The molecule has 0 spiro atoms. The minimum absolute atomic E-state index is 0.0351. The molecular formula is C45H88NO7P. The zero-order valence-electron chi connectivity index (χ0n) is 35.5. The van der Waals surface area contributed by atoms with Gasteiger partial charge in [-0.15, -0.1) is 0 Å². The molecule has 0 fully saturated rings. The molecular weight excluding hydrogens is 697 g/mol. The molecule has 0 aliphatic heterocycles. The van der Waals surface area contributed by atoms with Gasteiger partial charge < -0.3 is 20.1 Å². The molecule has 0 aliphatic rings. The maximum absolute atomic E-state index is 12.6. The zero-order valence-corrected chi connectivity index (χ0v) is 36.4. The van der Waals surface area contributed by atoms with Gasteiger partial charge in [0, 0.05) is 13.0 Å². The van der Waals surface area contributed by atoms with E-state index in [9.17, 15) is 14.3 Å². The molecule has 0 bridgehead atoms. The van der Waals surface area contributed by atoms with E-state index in [2.05, 4.69) is 26.0 Å². The number of allylic oxidation sites excluding steroid dienone is 3. The van der Waals surface area contributed by atoms with Crippen LogP contribution < -0.4 is 5.73 Å². The number of unbranched alkanes of at least 4 members (excludes halogenated alkanes) is 29. The lowest BCUT2D eigenvalue weighted by Crippen LogP contribution is -2.27. The second kappa shape index (κ2) is 43.0. The standard InChI is InChI=1S/C45H88NO7P/c1-3-5-7-9-11-13-15-17-19-21-23-25-27-29-31-33-35-37-40-50-42-44(43-52-54(48,49)51-41-39-46)53-45(47)38-36-34-32-30-28-26-24-22-20-18-16-14-12-10-8-6-4-2/h14,16,37,40,44H,3-13,15,17-36,38-39,41-43,46H2,1-2H3,(H,48,49)/b16-14+,40-37+/t44-/m1/s1. The van der Waals surface area contributed by atoms with Gasteiger partial charge in [-0.2, -0.15) is 0 Å². The first kappa shape index (κ1) is 52.8. The van der Waals surface area contributed by atoms with Crippen LogP contribution in [-0.2, 0) is 27.9 Å². The van der Waals surface area contributed by atoms with Gasteiger partial charge in [0.1, 0.15) is 6.61 Å². The summed E-state index contributed by atoms with van der Waals surface area (Å²) in [5.74, 6) is -0.352. The number of phosphoric ester groups is 1. The Morgan fingerprint density at radius 2 is 0.944 bits per heavy atom. The Morgan fingerprint density at radius 3 is 1.39 bits per heavy atom. The smallest absolute Gasteiger partial charge is 0.472 e. The molecule has 8 nitrogen and oxygen atoms in total. The number of hydrogen-bond donors (Lipinski definition) is 2. The Bertz CT molecular complexity index is 884. The SMILES string of the molecule is CCCCCC/C=C/CCCCCCCCCCCC(=O)O[C@H](CO/C=C/CCCCCCCCCCCCCCCCCC)COP(=O)(O)OCCN. The monoisotopic (exact) mass is 786 g/mol. The average molecular weight is 786 g/mol. The number of nitrogens with two attached hydrogens (primary N) is 1. The highest BCUT2D eigenvalue weighted by atomic mass is 31.2. The van der Waals surface area contributed by atoms with Crippen LogP contribution in [0.1, 0.15) is 226 Å². The third-order valence-electron chi connectivity index (χ3n) is 9.94. The lowest BCUT2D eigenvalue weighted by molar-refractivity contribution is -0.153. The maximum Gasteiger partial charge on any atom is 0.472 e. The van der Waals surface area contributed by atoms with E-state index in [1.807, 2.05) is 6.08 Å². The van der Waals surface area contributed by atoms with Gasteiger partial charge in [-0.1, -0.05) is 187 Å². The van der Waals surface area contributed by atoms with Crippen molar-refractivity contribution in [2.24, 2.45) is 5.73 Å². The van der Waals surface area contributed by atoms with Crippen LogP contribution in [0.2, 0.25) is 0 Å². The third kappa shape index (κ3) is 42.0. The molecule has 320 valence electrons. The number of ether oxygens (including phenoxy) is 2. The molecule has 0 aromatic carbocycles. The van der Waals surface area contributed by atoms with Crippen LogP contribution >= 0.6 is 7.82 Å². The van der Waals surface area contributed by atoms with E-state index in [0.717, 1.165) is 32.1 Å². The first-order chi connectivity index (χ1) is 26.4. The Kier molecular flexibility index (Phi) is 42.0. The number of hydrogen-bond acceptors (Lipinski definition) is 7. The van der Waals surface area contributed by atoms with Crippen LogP contribution in [0, 0.1) is 0 Å². The summed E-state index contributed by atoms with van der Waals surface area (Å²) in [6.45, 7) is 4.26. The first-order valence-corrected chi connectivity index (χ1v) is 24.4. The molecule has 0 radical (unpaired) electrons. The summed E-state index contributed by atoms with van der Waals surface area (Å²) in [6, 6.07) is 0. The highest BCUT2D eigenvalue weighted by Gasteiger charge is 2.25. The van der Waals surface area contributed by atoms with Crippen LogP contribution in [0.5, 0.6) is 0 Å². The molecule has 0 saturated heterocycles. The Hall–Kier alpha value is -1.18. The summed E-state index contributed by atoms with van der Waals surface area (Å²) in [5.41, 5.74) is 5.37. The molecule has 0 amide bonds. The number of carbonyl (C=O) groups is 1. The molecule has 0 aliphatic carbocycles. The fourth-order valence-electron chi connectivity index (χ4n) is 6.55.